The summed E-state index contributed by atoms with van der Waals surface area (Å²) in [6.07, 6.45) is -0.680. The van der Waals surface area contributed by atoms with E-state index in [0.29, 0.717) is 4.57 Å². The molecule has 182 valence electrons. The third-order valence-corrected chi connectivity index (χ3v) is 5.43. The third-order valence-electron chi connectivity index (χ3n) is 4.64. The van der Waals surface area contributed by atoms with Crippen molar-refractivity contribution in [3.05, 3.63) is 38.6 Å². The van der Waals surface area contributed by atoms with Gasteiger partial charge in [-0.3, -0.25) is 23.6 Å². The van der Waals surface area contributed by atoms with Gasteiger partial charge in [-0.2, -0.15) is 5.10 Å². The molecule has 2 rings (SSSR count). The molecule has 0 spiro atoms. The Labute approximate surface area is 241 Å². The Kier molecular flexibility index (Phi) is 10.9. The Morgan fingerprint density at radius 3 is 2.40 bits per heavy atom. The molecule has 1 amide bonds. The van der Waals surface area contributed by atoms with E-state index in [0.717, 1.165) is 4.68 Å². The van der Waals surface area contributed by atoms with E-state index < -0.39 is 63.4 Å². The number of aromatic hydroxyl groups is 1. The zero-order valence-corrected chi connectivity index (χ0v) is 23.0. The summed E-state index contributed by atoms with van der Waals surface area (Å²) in [7, 11) is -4.47. The second-order valence-corrected chi connectivity index (χ2v) is 8.57. The number of carboxylic acid groups (broad SMARTS) is 1. The molecule has 0 fully saturated rings. The van der Waals surface area contributed by atoms with Gasteiger partial charge in [0.15, 0.2) is 11.5 Å². The van der Waals surface area contributed by atoms with E-state index in [2.05, 4.69) is 20.2 Å². The summed E-state index contributed by atoms with van der Waals surface area (Å²) >= 11 is 0. The van der Waals surface area contributed by atoms with Crippen LogP contribution in [0.1, 0.15) is 34.5 Å². The van der Waals surface area contributed by atoms with Gasteiger partial charge in [0.05, 0.1) is 28.8 Å². The number of hydrogen-bond donors (Lipinski definition) is 3. The molecule has 0 aromatic carbocycles. The number of carbonyl (C=O) groups excluding carboxylic acids is 1. The first-order valence-electron chi connectivity index (χ1n) is 9.56. The molecule has 0 aliphatic rings. The molecule has 0 unspecified atom stereocenters. The average molecular weight is 534 g/mol. The van der Waals surface area contributed by atoms with Gasteiger partial charge in [-0.1, -0.05) is 0 Å². The fourth-order valence-electron chi connectivity index (χ4n) is 3.07. The summed E-state index contributed by atoms with van der Waals surface area (Å²) in [5.41, 5.74) is 3.48. The molecular weight excluding hydrogens is 513 g/mol. The van der Waals surface area contributed by atoms with Gasteiger partial charge in [0.25, 0.3) is 17.2 Å². The Hall–Kier alpha value is -2.46. The fourth-order valence-corrected chi connectivity index (χ4v) is 3.55. The Balaban J connectivity index is 0.00000612. The summed E-state index contributed by atoms with van der Waals surface area (Å²) in [6, 6.07) is 0. The van der Waals surface area contributed by atoms with Crippen LogP contribution in [0, 0.1) is 20.4 Å². The summed E-state index contributed by atoms with van der Waals surface area (Å²) in [6.45, 7) is 9.51. The van der Waals surface area contributed by atoms with Gasteiger partial charge in [-0.25, -0.2) is 13.3 Å². The van der Waals surface area contributed by atoms with Crippen LogP contribution in [0.5, 0.6) is 5.88 Å². The maximum Gasteiger partial charge on any atom is 1.00 e. The van der Waals surface area contributed by atoms with Crippen molar-refractivity contribution in [2.45, 2.75) is 39.8 Å². The first kappa shape index (κ1) is 30.6. The molecule has 4 N–H and O–H groups in total. The van der Waals surface area contributed by atoms with Crippen LogP contribution < -0.4 is 62.7 Å². The molecule has 35 heavy (non-hydrogen) atoms. The number of primary amides is 1. The van der Waals surface area contributed by atoms with Gasteiger partial charge in [-0.05, 0) is 20.3 Å². The molecule has 0 aliphatic heterocycles. The number of nitrogens with two attached hydrogens (primary N) is 1. The normalized spacial score (nSPS) is 11.3. The zero-order chi connectivity index (χ0) is 25.8. The van der Waals surface area contributed by atoms with Crippen LogP contribution >= 0.6 is 0 Å². The number of hydrogen-bond acceptors (Lipinski definition) is 10. The van der Waals surface area contributed by atoms with Gasteiger partial charge >= 0.3 is 57.4 Å². The number of pyridine rings is 1. The molecule has 0 aliphatic carbocycles. The standard InChI is InChI=1S/C18H21N7O8S.K/c1-9-12(15(19)28)17(29)24(7-5-11(26)27)18(30)13(9)21-22-16-14(20-3)10(2)23-25(16)6-4-8-34(31,32)33;/h29H,4-8H2,1-2H3,(H2,19,28)(H,26,27)(H,31,32,33);/q;+1/p-1. The van der Waals surface area contributed by atoms with E-state index in [9.17, 15) is 32.5 Å². The molecule has 0 atom stereocenters. The van der Waals surface area contributed by atoms with Crippen molar-refractivity contribution in [1.82, 2.24) is 14.3 Å². The summed E-state index contributed by atoms with van der Waals surface area (Å²) in [5.74, 6) is -4.01. The SMILES string of the molecule is [C-]#[N+]c1c(C)nn(CCCS(=O)(=O)[O-])c1N=Nc1c(C)c(C(N)=O)c(O)n(CCC(=O)O)c1=O.[K+]. The van der Waals surface area contributed by atoms with Crippen LogP contribution in [-0.4, -0.2) is 55.2 Å². The average Bonchev–Trinajstić information content (AvgIpc) is 3.00. The van der Waals surface area contributed by atoms with Crippen LogP contribution in [-0.2, 0) is 28.0 Å². The predicted octanol–water partition coefficient (Wildman–Crippen LogP) is -2.15. The van der Waals surface area contributed by atoms with E-state index in [1.165, 1.54) is 13.8 Å². The van der Waals surface area contributed by atoms with Crippen molar-refractivity contribution >= 4 is 39.2 Å². The van der Waals surface area contributed by atoms with Crippen molar-refractivity contribution in [1.29, 1.82) is 0 Å². The number of aromatic nitrogens is 3. The molecule has 0 bridgehead atoms. The van der Waals surface area contributed by atoms with Gasteiger partial charge in [-0.15, -0.1) is 10.2 Å². The predicted molar refractivity (Wildman–Crippen MR) is 114 cm³/mol. The van der Waals surface area contributed by atoms with E-state index in [4.69, 9.17) is 17.4 Å². The van der Waals surface area contributed by atoms with Crippen molar-refractivity contribution in [3.8, 4) is 5.88 Å². The molecular formula is C18H20KN7O8S. The second-order valence-electron chi connectivity index (χ2n) is 7.04. The smallest absolute Gasteiger partial charge is 0.748 e. The maximum atomic E-state index is 12.9. The molecule has 0 saturated carbocycles. The number of azo groups is 1. The van der Waals surface area contributed by atoms with Crippen LogP contribution in [0.2, 0.25) is 0 Å². The van der Waals surface area contributed by atoms with Gasteiger partial charge in [0.1, 0.15) is 5.56 Å². The first-order chi connectivity index (χ1) is 15.8. The second kappa shape index (κ2) is 12.5. The number of carboxylic acids is 1. The molecule has 2 aromatic heterocycles. The summed E-state index contributed by atoms with van der Waals surface area (Å²) in [5, 5.41) is 31.0. The minimum atomic E-state index is -4.47. The summed E-state index contributed by atoms with van der Waals surface area (Å²) < 4.78 is 34.3. The Morgan fingerprint density at radius 1 is 1.26 bits per heavy atom. The third kappa shape index (κ3) is 7.51. The Bertz CT molecular complexity index is 1390. The van der Waals surface area contributed by atoms with Gasteiger partial charge < -0.3 is 20.5 Å². The van der Waals surface area contributed by atoms with Crippen LogP contribution in [0.15, 0.2) is 15.0 Å². The first-order valence-corrected chi connectivity index (χ1v) is 11.1. The molecule has 2 heterocycles. The minimum absolute atomic E-state index is 0. The molecule has 2 aromatic rings. The number of nitrogens with zero attached hydrogens (tertiary/aromatic N) is 6. The zero-order valence-electron chi connectivity index (χ0n) is 19.0. The summed E-state index contributed by atoms with van der Waals surface area (Å²) in [4.78, 5) is 38.9. The molecule has 17 heteroatoms. The monoisotopic (exact) mass is 533 g/mol. The van der Waals surface area contributed by atoms with Crippen LogP contribution in [0.25, 0.3) is 4.85 Å². The number of aliphatic carboxylic acids is 1. The van der Waals surface area contributed by atoms with E-state index >= 15 is 0 Å². The van der Waals surface area contributed by atoms with Crippen molar-refractivity contribution in [3.63, 3.8) is 0 Å². The van der Waals surface area contributed by atoms with Crippen LogP contribution in [0.4, 0.5) is 17.2 Å². The van der Waals surface area contributed by atoms with Gasteiger partial charge in [0.2, 0.25) is 5.88 Å². The van der Waals surface area contributed by atoms with E-state index in [-0.39, 0.29) is 87.1 Å². The largest absolute Gasteiger partial charge is 1.00 e. The number of carbonyl (C=O) groups is 2. The number of rotatable bonds is 10. The number of aryl methyl sites for hydroxylation is 2. The van der Waals surface area contributed by atoms with E-state index in [1.807, 2.05) is 0 Å². The fraction of sp³-hybridized carbons (Fsp3) is 0.389. The molecule has 15 nitrogen and oxygen atoms in total. The topological polar surface area (TPSA) is 227 Å². The van der Waals surface area contributed by atoms with Crippen molar-refractivity contribution in [2.75, 3.05) is 5.75 Å². The maximum absolute atomic E-state index is 12.9. The minimum Gasteiger partial charge on any atom is -0.748 e. The number of amides is 1. The van der Waals surface area contributed by atoms with Crippen molar-refractivity contribution < 1.29 is 84.2 Å². The van der Waals surface area contributed by atoms with Gasteiger partial charge in [0, 0.05) is 24.4 Å². The van der Waals surface area contributed by atoms with Crippen molar-refractivity contribution in [2.24, 2.45) is 16.0 Å². The molecule has 0 radical (unpaired) electrons. The Morgan fingerprint density at radius 2 is 1.89 bits per heavy atom. The molecule has 0 saturated heterocycles. The quantitative estimate of drug-likeness (QED) is 0.131. The van der Waals surface area contributed by atoms with E-state index in [1.54, 1.807) is 0 Å². The van der Waals surface area contributed by atoms with Crippen LogP contribution in [0.3, 0.4) is 0 Å².